The van der Waals surface area contributed by atoms with Crippen molar-refractivity contribution in [1.29, 1.82) is 0 Å². The van der Waals surface area contributed by atoms with Crippen LogP contribution in [0.3, 0.4) is 0 Å². The molecule has 1 fully saturated rings. The fraction of sp³-hybridized carbons (Fsp3) is 0.889. The lowest BCUT2D eigenvalue weighted by Crippen LogP contribution is -2.25. The molecule has 0 saturated heterocycles. The largest absolute Gasteiger partial charge is 0.319 e. The Balaban J connectivity index is 0.000000461. The molecule has 2 nitrogen and oxygen atoms in total. The van der Waals surface area contributed by atoms with E-state index in [4.69, 9.17) is 0 Å². The highest BCUT2D eigenvalue weighted by molar-refractivity contribution is 5.85. The molecule has 1 N–H and O–H groups in total. The summed E-state index contributed by atoms with van der Waals surface area (Å²) >= 11 is 0. The zero-order valence-corrected chi connectivity index (χ0v) is 8.03. The lowest BCUT2D eigenvalue weighted by molar-refractivity contribution is -0.121. The molecule has 0 aliphatic heterocycles. The number of hydrogen-bond acceptors (Lipinski definition) is 2. The summed E-state index contributed by atoms with van der Waals surface area (Å²) in [5.74, 6) is 0.344. The van der Waals surface area contributed by atoms with Crippen LogP contribution in [0.2, 0.25) is 0 Å². The van der Waals surface area contributed by atoms with Crippen LogP contribution in [0.4, 0.5) is 0 Å². The number of rotatable bonds is 3. The van der Waals surface area contributed by atoms with E-state index in [0.29, 0.717) is 5.78 Å². The van der Waals surface area contributed by atoms with E-state index in [-0.39, 0.29) is 5.41 Å². The molecule has 0 radical (unpaired) electrons. The molecule has 1 aliphatic carbocycles. The normalized spacial score (nSPS) is 18.2. The molecular weight excluding hydrogens is 138 g/mol. The number of Topliss-reactive ketones (excluding diaryl/α,β-unsaturated/α-hetero) is 1. The first kappa shape index (κ1) is 10.6. The molecule has 1 saturated carbocycles. The van der Waals surface area contributed by atoms with Crippen molar-refractivity contribution in [3.63, 3.8) is 0 Å². The molecule has 0 atom stereocenters. The molecular formula is C9H19NO. The SMILES string of the molecule is CC.CNCC1(C(C)=O)CC1. The summed E-state index contributed by atoms with van der Waals surface area (Å²) in [6.45, 7) is 6.55. The minimum atomic E-state index is 0.0503. The van der Waals surface area contributed by atoms with Crippen LogP contribution >= 0.6 is 0 Å². The fourth-order valence-electron chi connectivity index (χ4n) is 1.14. The number of carbonyl (C=O) groups is 1. The Morgan fingerprint density at radius 2 is 1.91 bits per heavy atom. The van der Waals surface area contributed by atoms with E-state index in [9.17, 15) is 4.79 Å². The highest BCUT2D eigenvalue weighted by Crippen LogP contribution is 2.45. The molecule has 0 spiro atoms. The van der Waals surface area contributed by atoms with Crippen molar-refractivity contribution >= 4 is 5.78 Å². The van der Waals surface area contributed by atoms with E-state index in [0.717, 1.165) is 19.4 Å². The Labute approximate surface area is 69.4 Å². The average Bonchev–Trinajstić information content (AvgIpc) is 2.75. The van der Waals surface area contributed by atoms with Gasteiger partial charge >= 0.3 is 0 Å². The smallest absolute Gasteiger partial charge is 0.137 e. The predicted molar refractivity (Wildman–Crippen MR) is 47.6 cm³/mol. The van der Waals surface area contributed by atoms with Crippen molar-refractivity contribution < 1.29 is 4.79 Å². The quantitative estimate of drug-likeness (QED) is 0.674. The van der Waals surface area contributed by atoms with Gasteiger partial charge in [-0.1, -0.05) is 13.8 Å². The maximum atomic E-state index is 10.9. The lowest BCUT2D eigenvalue weighted by atomic mass is 10.0. The molecule has 0 aromatic heterocycles. The maximum absolute atomic E-state index is 10.9. The van der Waals surface area contributed by atoms with E-state index < -0.39 is 0 Å². The van der Waals surface area contributed by atoms with Gasteiger partial charge in [-0.15, -0.1) is 0 Å². The number of nitrogens with one attached hydrogen (secondary N) is 1. The van der Waals surface area contributed by atoms with Gasteiger partial charge in [0.25, 0.3) is 0 Å². The first-order chi connectivity index (χ1) is 5.21. The molecule has 0 bridgehead atoms. The van der Waals surface area contributed by atoms with Gasteiger partial charge in [0.2, 0.25) is 0 Å². The van der Waals surface area contributed by atoms with Gasteiger partial charge in [-0.05, 0) is 26.8 Å². The Morgan fingerprint density at radius 3 is 2.00 bits per heavy atom. The van der Waals surface area contributed by atoms with E-state index in [2.05, 4.69) is 5.32 Å². The van der Waals surface area contributed by atoms with E-state index in [1.54, 1.807) is 6.92 Å². The third kappa shape index (κ3) is 2.62. The van der Waals surface area contributed by atoms with Gasteiger partial charge in [0, 0.05) is 12.0 Å². The van der Waals surface area contributed by atoms with Crippen LogP contribution in [-0.4, -0.2) is 19.4 Å². The second-order valence-corrected chi connectivity index (χ2v) is 2.87. The van der Waals surface area contributed by atoms with Crippen molar-refractivity contribution in [1.82, 2.24) is 5.32 Å². The van der Waals surface area contributed by atoms with Gasteiger partial charge < -0.3 is 5.32 Å². The van der Waals surface area contributed by atoms with Gasteiger partial charge in [-0.2, -0.15) is 0 Å². The van der Waals surface area contributed by atoms with E-state index in [1.165, 1.54) is 0 Å². The van der Waals surface area contributed by atoms with Crippen LogP contribution in [0.5, 0.6) is 0 Å². The molecule has 0 heterocycles. The van der Waals surface area contributed by atoms with Crippen molar-refractivity contribution in [3.8, 4) is 0 Å². The highest BCUT2D eigenvalue weighted by Gasteiger charge is 2.46. The molecule has 0 amide bonds. The number of ketones is 1. The summed E-state index contributed by atoms with van der Waals surface area (Å²) in [6, 6.07) is 0. The Kier molecular flexibility index (Phi) is 4.34. The molecule has 0 unspecified atom stereocenters. The number of hydrogen-bond donors (Lipinski definition) is 1. The maximum Gasteiger partial charge on any atom is 0.137 e. The van der Waals surface area contributed by atoms with Crippen LogP contribution in [0.1, 0.15) is 33.6 Å². The van der Waals surface area contributed by atoms with Crippen molar-refractivity contribution in [2.75, 3.05) is 13.6 Å². The standard InChI is InChI=1S/C7H13NO.C2H6/c1-6(9)7(3-4-7)5-8-2;1-2/h8H,3-5H2,1-2H3;1-2H3. The van der Waals surface area contributed by atoms with E-state index >= 15 is 0 Å². The third-order valence-corrected chi connectivity index (χ3v) is 2.12. The van der Waals surface area contributed by atoms with Crippen LogP contribution in [0, 0.1) is 5.41 Å². The molecule has 2 heteroatoms. The summed E-state index contributed by atoms with van der Waals surface area (Å²) in [6.07, 6.45) is 2.17. The second kappa shape index (κ2) is 4.50. The molecule has 0 aromatic rings. The molecule has 11 heavy (non-hydrogen) atoms. The average molecular weight is 157 g/mol. The molecule has 1 aliphatic rings. The minimum Gasteiger partial charge on any atom is -0.319 e. The van der Waals surface area contributed by atoms with Gasteiger partial charge in [0.05, 0.1) is 0 Å². The summed E-state index contributed by atoms with van der Waals surface area (Å²) in [7, 11) is 1.89. The monoisotopic (exact) mass is 157 g/mol. The summed E-state index contributed by atoms with van der Waals surface area (Å²) in [5.41, 5.74) is 0.0503. The molecule has 0 aromatic carbocycles. The van der Waals surface area contributed by atoms with E-state index in [1.807, 2.05) is 20.9 Å². The number of carbonyl (C=O) groups excluding carboxylic acids is 1. The predicted octanol–water partition coefficient (Wildman–Crippen LogP) is 1.60. The Hall–Kier alpha value is -0.370. The first-order valence-corrected chi connectivity index (χ1v) is 4.37. The van der Waals surface area contributed by atoms with Crippen LogP contribution < -0.4 is 5.32 Å². The van der Waals surface area contributed by atoms with Crippen LogP contribution in [0.15, 0.2) is 0 Å². The minimum absolute atomic E-state index is 0.0503. The Morgan fingerprint density at radius 1 is 1.45 bits per heavy atom. The summed E-state index contributed by atoms with van der Waals surface area (Å²) < 4.78 is 0. The fourth-order valence-corrected chi connectivity index (χ4v) is 1.14. The van der Waals surface area contributed by atoms with Gasteiger partial charge in [-0.3, -0.25) is 4.79 Å². The van der Waals surface area contributed by atoms with Gasteiger partial charge in [0.1, 0.15) is 5.78 Å². The van der Waals surface area contributed by atoms with Crippen LogP contribution in [-0.2, 0) is 4.79 Å². The van der Waals surface area contributed by atoms with Gasteiger partial charge in [0.15, 0.2) is 0 Å². The van der Waals surface area contributed by atoms with Crippen molar-refractivity contribution in [2.45, 2.75) is 33.6 Å². The van der Waals surface area contributed by atoms with Crippen LogP contribution in [0.25, 0.3) is 0 Å². The van der Waals surface area contributed by atoms with Crippen molar-refractivity contribution in [3.05, 3.63) is 0 Å². The topological polar surface area (TPSA) is 29.1 Å². The zero-order chi connectivity index (χ0) is 8.91. The van der Waals surface area contributed by atoms with Gasteiger partial charge in [-0.25, -0.2) is 0 Å². The van der Waals surface area contributed by atoms with Crippen molar-refractivity contribution in [2.24, 2.45) is 5.41 Å². The second-order valence-electron chi connectivity index (χ2n) is 2.87. The molecule has 1 rings (SSSR count). The first-order valence-electron chi connectivity index (χ1n) is 4.37. The zero-order valence-electron chi connectivity index (χ0n) is 8.03. The summed E-state index contributed by atoms with van der Waals surface area (Å²) in [5, 5.41) is 3.03. The summed E-state index contributed by atoms with van der Waals surface area (Å²) in [4.78, 5) is 10.9. The third-order valence-electron chi connectivity index (χ3n) is 2.12. The molecule has 66 valence electrons. The highest BCUT2D eigenvalue weighted by atomic mass is 16.1. The Bertz CT molecular complexity index is 128. The lowest BCUT2D eigenvalue weighted by Gasteiger charge is -2.08.